The smallest absolute Gasteiger partial charge is 0.359 e. The molecular weight excluding hydrogens is 390 g/mol. The topological polar surface area (TPSA) is 72.7 Å². The van der Waals surface area contributed by atoms with Crippen molar-refractivity contribution in [3.8, 4) is 11.5 Å². The molecule has 0 spiro atoms. The number of nitrogens with one attached hydrogen (secondary N) is 1. The van der Waals surface area contributed by atoms with Gasteiger partial charge in [0.15, 0.2) is 23.2 Å². The van der Waals surface area contributed by atoms with E-state index < -0.39 is 24.4 Å². The van der Waals surface area contributed by atoms with Gasteiger partial charge in [0.05, 0.1) is 12.7 Å². The van der Waals surface area contributed by atoms with E-state index >= 15 is 0 Å². The number of rotatable bonds is 6. The number of hydrogen-bond acceptors (Lipinski definition) is 5. The number of hydrogen-bond donors (Lipinski definition) is 1. The number of anilines is 1. The molecule has 0 fully saturated rings. The Labute approximate surface area is 163 Å². The van der Waals surface area contributed by atoms with Crippen LogP contribution in [0.3, 0.4) is 0 Å². The van der Waals surface area contributed by atoms with Crippen LogP contribution in [0.25, 0.3) is 11.5 Å². The van der Waals surface area contributed by atoms with Crippen LogP contribution in [0.5, 0.6) is 0 Å². The number of carbonyl (C=O) groups is 1. The average molecular weight is 407 g/mol. The predicted octanol–water partition coefficient (Wildman–Crippen LogP) is 4.01. The Balaban J connectivity index is 1.95. The average Bonchev–Trinajstić information content (AvgIpc) is 3.06. The Morgan fingerprint density at radius 1 is 1.24 bits per heavy atom. The first-order valence-corrected chi connectivity index (χ1v) is 8.61. The van der Waals surface area contributed by atoms with Crippen molar-refractivity contribution in [3.63, 3.8) is 0 Å². The van der Waals surface area contributed by atoms with E-state index in [1.54, 1.807) is 0 Å². The van der Waals surface area contributed by atoms with Gasteiger partial charge < -0.3 is 5.32 Å². The molecule has 0 unspecified atom stereocenters. The zero-order valence-electron chi connectivity index (χ0n) is 15.6. The van der Waals surface area contributed by atoms with Crippen molar-refractivity contribution in [1.29, 1.82) is 0 Å². The van der Waals surface area contributed by atoms with Gasteiger partial charge >= 0.3 is 6.18 Å². The highest BCUT2D eigenvalue weighted by atomic mass is 19.4. The zero-order chi connectivity index (χ0) is 21.2. The van der Waals surface area contributed by atoms with Crippen LogP contribution in [-0.4, -0.2) is 38.3 Å². The molecule has 0 saturated heterocycles. The number of alkyl halides is 3. The Kier molecular flexibility index (Phi) is 5.62. The molecule has 0 aliphatic carbocycles. The molecule has 0 aliphatic heterocycles. The molecule has 2 heterocycles. The molecule has 152 valence electrons. The van der Waals surface area contributed by atoms with Crippen LogP contribution < -0.4 is 5.32 Å². The van der Waals surface area contributed by atoms with Gasteiger partial charge in [0.1, 0.15) is 17.9 Å². The minimum absolute atomic E-state index is 0.0953. The summed E-state index contributed by atoms with van der Waals surface area (Å²) < 4.78 is 52.4. The second-order valence-electron chi connectivity index (χ2n) is 6.41. The predicted molar refractivity (Wildman–Crippen MR) is 98.0 cm³/mol. The SMILES string of the molecule is CC(=O)c1cc(-c2ncc(F)c(NCC(F)(F)F)n2)nn1Cc1ccccc1C. The molecule has 1 N–H and O–H groups in total. The van der Waals surface area contributed by atoms with E-state index in [0.717, 1.165) is 17.3 Å². The number of benzene rings is 1. The fraction of sp³-hybridized carbons (Fsp3) is 0.263. The number of Topliss-reactive ketones (excluding diaryl/α,β-unsaturated/α-hetero) is 1. The molecule has 6 nitrogen and oxygen atoms in total. The van der Waals surface area contributed by atoms with Gasteiger partial charge in [0.2, 0.25) is 0 Å². The molecule has 3 rings (SSSR count). The highest BCUT2D eigenvalue weighted by Crippen LogP contribution is 2.22. The van der Waals surface area contributed by atoms with Crippen LogP contribution in [0.1, 0.15) is 28.5 Å². The van der Waals surface area contributed by atoms with Crippen LogP contribution >= 0.6 is 0 Å². The second kappa shape index (κ2) is 7.98. The molecule has 0 radical (unpaired) electrons. The number of aromatic nitrogens is 4. The molecule has 10 heteroatoms. The van der Waals surface area contributed by atoms with Crippen molar-refractivity contribution in [2.75, 3.05) is 11.9 Å². The van der Waals surface area contributed by atoms with E-state index in [-0.39, 0.29) is 23.0 Å². The van der Waals surface area contributed by atoms with Gasteiger partial charge in [0, 0.05) is 6.92 Å². The van der Waals surface area contributed by atoms with Crippen LogP contribution in [0, 0.1) is 12.7 Å². The molecular formula is C19H17F4N5O. The Morgan fingerprint density at radius 2 is 1.97 bits per heavy atom. The number of ketones is 1. The van der Waals surface area contributed by atoms with Gasteiger partial charge in [-0.3, -0.25) is 9.48 Å². The normalized spacial score (nSPS) is 11.5. The van der Waals surface area contributed by atoms with Crippen LogP contribution in [0.4, 0.5) is 23.4 Å². The summed E-state index contributed by atoms with van der Waals surface area (Å²) in [5.41, 5.74) is 2.38. The monoisotopic (exact) mass is 407 g/mol. The summed E-state index contributed by atoms with van der Waals surface area (Å²) in [5.74, 6) is -1.97. The maximum absolute atomic E-state index is 13.8. The van der Waals surface area contributed by atoms with E-state index in [1.165, 1.54) is 17.7 Å². The molecule has 0 amide bonds. The first kappa shape index (κ1) is 20.4. The van der Waals surface area contributed by atoms with E-state index in [2.05, 4.69) is 15.1 Å². The molecule has 29 heavy (non-hydrogen) atoms. The summed E-state index contributed by atoms with van der Waals surface area (Å²) in [6.07, 6.45) is -3.77. The quantitative estimate of drug-likeness (QED) is 0.494. The van der Waals surface area contributed by atoms with E-state index in [4.69, 9.17) is 0 Å². The van der Waals surface area contributed by atoms with E-state index in [1.807, 2.05) is 36.5 Å². The molecule has 2 aromatic heterocycles. The van der Waals surface area contributed by atoms with Crippen LogP contribution in [0.2, 0.25) is 0 Å². The molecule has 0 saturated carbocycles. The fourth-order valence-electron chi connectivity index (χ4n) is 2.68. The maximum Gasteiger partial charge on any atom is 0.405 e. The van der Waals surface area contributed by atoms with Crippen molar-refractivity contribution in [2.45, 2.75) is 26.6 Å². The summed E-state index contributed by atoms with van der Waals surface area (Å²) in [5, 5.41) is 6.22. The van der Waals surface area contributed by atoms with Crippen LogP contribution in [0.15, 0.2) is 36.5 Å². The summed E-state index contributed by atoms with van der Waals surface area (Å²) in [7, 11) is 0. The highest BCUT2D eigenvalue weighted by molar-refractivity contribution is 5.93. The summed E-state index contributed by atoms with van der Waals surface area (Å²) in [6, 6.07) is 9.01. The largest absolute Gasteiger partial charge is 0.405 e. The minimum Gasteiger partial charge on any atom is -0.359 e. The lowest BCUT2D eigenvalue weighted by Gasteiger charge is -2.10. The highest BCUT2D eigenvalue weighted by Gasteiger charge is 2.27. The van der Waals surface area contributed by atoms with Crippen molar-refractivity contribution in [1.82, 2.24) is 19.7 Å². The number of carbonyl (C=O) groups excluding carboxylic acids is 1. The molecule has 1 aromatic carbocycles. The lowest BCUT2D eigenvalue weighted by Crippen LogP contribution is -2.22. The van der Waals surface area contributed by atoms with Crippen molar-refractivity contribution in [3.05, 3.63) is 59.2 Å². The van der Waals surface area contributed by atoms with Gasteiger partial charge in [-0.15, -0.1) is 0 Å². The van der Waals surface area contributed by atoms with Crippen LogP contribution in [-0.2, 0) is 6.54 Å². The fourth-order valence-corrected chi connectivity index (χ4v) is 2.68. The van der Waals surface area contributed by atoms with E-state index in [9.17, 15) is 22.4 Å². The molecule has 3 aromatic rings. The second-order valence-corrected chi connectivity index (χ2v) is 6.41. The molecule has 0 aliphatic rings. The van der Waals surface area contributed by atoms with Crippen molar-refractivity contribution >= 4 is 11.6 Å². The Bertz CT molecular complexity index is 1050. The van der Waals surface area contributed by atoms with Gasteiger partial charge in [-0.1, -0.05) is 24.3 Å². The molecule has 0 atom stereocenters. The van der Waals surface area contributed by atoms with Gasteiger partial charge in [-0.25, -0.2) is 14.4 Å². The third kappa shape index (κ3) is 4.95. The van der Waals surface area contributed by atoms with Crippen molar-refractivity contribution in [2.24, 2.45) is 0 Å². The number of aryl methyl sites for hydroxylation is 1. The van der Waals surface area contributed by atoms with Gasteiger partial charge in [0.25, 0.3) is 0 Å². The Morgan fingerprint density at radius 3 is 2.62 bits per heavy atom. The Hall–Kier alpha value is -3.30. The van der Waals surface area contributed by atoms with Crippen molar-refractivity contribution < 1.29 is 22.4 Å². The lowest BCUT2D eigenvalue weighted by molar-refractivity contribution is -0.115. The molecule has 0 bridgehead atoms. The third-order valence-corrected chi connectivity index (χ3v) is 4.15. The summed E-state index contributed by atoms with van der Waals surface area (Å²) in [6.45, 7) is 2.16. The lowest BCUT2D eigenvalue weighted by atomic mass is 10.1. The minimum atomic E-state index is -4.53. The number of nitrogens with zero attached hydrogens (tertiary/aromatic N) is 4. The summed E-state index contributed by atoms with van der Waals surface area (Å²) >= 11 is 0. The van der Waals surface area contributed by atoms with Gasteiger partial charge in [-0.05, 0) is 24.1 Å². The first-order chi connectivity index (χ1) is 13.6. The third-order valence-electron chi connectivity index (χ3n) is 4.15. The maximum atomic E-state index is 13.8. The standard InChI is InChI=1S/C19H17F4N5O/c1-11-5-3-4-6-13(11)9-28-16(12(2)29)7-15(27-28)18-24-8-14(20)17(26-18)25-10-19(21,22)23/h3-8H,9-10H2,1-2H3,(H,24,25,26). The summed E-state index contributed by atoms with van der Waals surface area (Å²) in [4.78, 5) is 19.6. The van der Waals surface area contributed by atoms with Gasteiger partial charge in [-0.2, -0.15) is 18.3 Å². The van der Waals surface area contributed by atoms with E-state index in [0.29, 0.717) is 6.54 Å². The zero-order valence-corrected chi connectivity index (χ0v) is 15.6. The first-order valence-electron chi connectivity index (χ1n) is 8.61. The number of halogens is 4.